The van der Waals surface area contributed by atoms with Gasteiger partial charge in [0, 0.05) is 5.38 Å². The molecule has 1 heterocycles. The smallest absolute Gasteiger partial charge is 0.269 e. The summed E-state index contributed by atoms with van der Waals surface area (Å²) in [5.41, 5.74) is 5.94. The second-order valence-electron chi connectivity index (χ2n) is 1.51. The predicted octanol–water partition coefficient (Wildman–Crippen LogP) is 1.21. The maximum atomic E-state index is 12.1. The number of halogens is 1. The minimum absolute atomic E-state index is 0.301. The van der Waals surface area contributed by atoms with E-state index in [0.29, 0.717) is 11.4 Å². The summed E-state index contributed by atoms with van der Waals surface area (Å²) in [6.45, 7) is 3.39. The number of nitrogens with zero attached hydrogens (tertiary/aromatic N) is 1. The summed E-state index contributed by atoms with van der Waals surface area (Å²) in [7, 11) is 0. The summed E-state index contributed by atoms with van der Waals surface area (Å²) in [4.78, 5) is 3.44. The number of nitrogens with two attached hydrogens (primary N) is 1. The van der Waals surface area contributed by atoms with Gasteiger partial charge in [-0.15, -0.1) is 0 Å². The molecule has 1 aromatic rings. The molecule has 0 aromatic carbocycles. The molecular formula is C5H5FN2S. The minimum atomic E-state index is -0.475. The molecule has 0 fully saturated rings. The standard InChI is InChI=1S/C5H5FN2S/c1-3(7)4-2-9-5(6)8-4/h2H,1,7H2. The van der Waals surface area contributed by atoms with Crippen LogP contribution in [0.2, 0.25) is 0 Å². The first kappa shape index (κ1) is 6.22. The Hall–Kier alpha value is -0.900. The molecule has 0 saturated carbocycles. The number of aromatic nitrogens is 1. The van der Waals surface area contributed by atoms with Crippen LogP contribution in [0.1, 0.15) is 5.69 Å². The largest absolute Gasteiger partial charge is 0.397 e. The Labute approximate surface area is 55.8 Å². The molecule has 0 aliphatic rings. The Morgan fingerprint density at radius 3 is 2.78 bits per heavy atom. The highest BCUT2D eigenvalue weighted by molar-refractivity contribution is 7.08. The summed E-state index contributed by atoms with van der Waals surface area (Å²) in [6, 6.07) is 0. The Morgan fingerprint density at radius 1 is 1.89 bits per heavy atom. The van der Waals surface area contributed by atoms with E-state index in [9.17, 15) is 4.39 Å². The lowest BCUT2D eigenvalue weighted by Crippen LogP contribution is -1.93. The van der Waals surface area contributed by atoms with Gasteiger partial charge in [-0.3, -0.25) is 0 Å². The van der Waals surface area contributed by atoms with E-state index in [1.165, 1.54) is 5.38 Å². The Morgan fingerprint density at radius 2 is 2.56 bits per heavy atom. The highest BCUT2D eigenvalue weighted by atomic mass is 32.1. The van der Waals surface area contributed by atoms with Gasteiger partial charge in [0.15, 0.2) is 0 Å². The van der Waals surface area contributed by atoms with Gasteiger partial charge < -0.3 is 5.73 Å². The van der Waals surface area contributed by atoms with Crippen LogP contribution in [0.3, 0.4) is 0 Å². The summed E-state index contributed by atoms with van der Waals surface area (Å²) < 4.78 is 12.1. The molecule has 0 aliphatic heterocycles. The van der Waals surface area contributed by atoms with E-state index in [2.05, 4.69) is 11.6 Å². The van der Waals surface area contributed by atoms with Gasteiger partial charge in [-0.1, -0.05) is 17.9 Å². The van der Waals surface area contributed by atoms with Crippen LogP contribution in [0.5, 0.6) is 0 Å². The van der Waals surface area contributed by atoms with Crippen molar-refractivity contribution in [1.82, 2.24) is 4.98 Å². The lowest BCUT2D eigenvalue weighted by atomic mass is 10.4. The van der Waals surface area contributed by atoms with Crippen molar-refractivity contribution >= 4 is 17.0 Å². The van der Waals surface area contributed by atoms with Crippen molar-refractivity contribution in [2.75, 3.05) is 0 Å². The summed E-state index contributed by atoms with van der Waals surface area (Å²) in [5, 5.41) is 1.05. The van der Waals surface area contributed by atoms with E-state index in [4.69, 9.17) is 5.73 Å². The fourth-order valence-corrected chi connectivity index (χ4v) is 0.963. The van der Waals surface area contributed by atoms with Crippen molar-refractivity contribution in [3.05, 3.63) is 22.9 Å². The van der Waals surface area contributed by atoms with Gasteiger partial charge in [0.1, 0.15) is 0 Å². The van der Waals surface area contributed by atoms with Crippen LogP contribution in [-0.4, -0.2) is 4.98 Å². The van der Waals surface area contributed by atoms with Gasteiger partial charge in [-0.2, -0.15) is 4.39 Å². The minimum Gasteiger partial charge on any atom is -0.397 e. The third kappa shape index (κ3) is 1.26. The van der Waals surface area contributed by atoms with E-state index in [0.717, 1.165) is 11.3 Å². The summed E-state index contributed by atoms with van der Waals surface area (Å²) in [5.74, 6) is 0. The highest BCUT2D eigenvalue weighted by Crippen LogP contribution is 2.10. The first-order valence-electron chi connectivity index (χ1n) is 2.26. The lowest BCUT2D eigenvalue weighted by Gasteiger charge is -1.86. The second kappa shape index (κ2) is 2.14. The fraction of sp³-hybridized carbons (Fsp3) is 0. The molecule has 0 amide bonds. The zero-order valence-electron chi connectivity index (χ0n) is 4.60. The average molecular weight is 144 g/mol. The zero-order valence-corrected chi connectivity index (χ0v) is 5.41. The molecule has 0 atom stereocenters. The maximum absolute atomic E-state index is 12.1. The number of thiazole rings is 1. The van der Waals surface area contributed by atoms with Gasteiger partial charge in [0.2, 0.25) is 0 Å². The monoisotopic (exact) mass is 144 g/mol. The Balaban J connectivity index is 2.98. The van der Waals surface area contributed by atoms with Crippen molar-refractivity contribution in [3.8, 4) is 0 Å². The topological polar surface area (TPSA) is 38.9 Å². The third-order valence-corrected chi connectivity index (χ3v) is 1.43. The normalized spacial score (nSPS) is 9.44. The van der Waals surface area contributed by atoms with Crippen molar-refractivity contribution in [3.63, 3.8) is 0 Å². The molecule has 0 unspecified atom stereocenters. The SMILES string of the molecule is C=C(N)c1csc(F)n1. The second-order valence-corrected chi connectivity index (χ2v) is 2.32. The maximum Gasteiger partial charge on any atom is 0.269 e. The van der Waals surface area contributed by atoms with Crippen molar-refractivity contribution in [2.24, 2.45) is 5.73 Å². The molecule has 0 radical (unpaired) electrons. The molecular weight excluding hydrogens is 139 g/mol. The third-order valence-electron chi connectivity index (χ3n) is 0.805. The van der Waals surface area contributed by atoms with Crippen LogP contribution >= 0.6 is 11.3 Å². The first-order valence-corrected chi connectivity index (χ1v) is 3.14. The number of hydrogen-bond acceptors (Lipinski definition) is 3. The Bertz CT molecular complexity index is 231. The van der Waals surface area contributed by atoms with Crippen LogP contribution in [0.4, 0.5) is 4.39 Å². The highest BCUT2D eigenvalue weighted by Gasteiger charge is 1.99. The molecule has 0 spiro atoms. The molecule has 9 heavy (non-hydrogen) atoms. The molecule has 1 aromatic heterocycles. The molecule has 48 valence electrons. The fourth-order valence-electron chi connectivity index (χ4n) is 0.399. The molecule has 4 heteroatoms. The van der Waals surface area contributed by atoms with Crippen molar-refractivity contribution in [2.45, 2.75) is 0 Å². The van der Waals surface area contributed by atoms with Crippen molar-refractivity contribution < 1.29 is 4.39 Å². The van der Waals surface area contributed by atoms with E-state index >= 15 is 0 Å². The average Bonchev–Trinajstić information content (AvgIpc) is 2.14. The molecule has 0 saturated heterocycles. The van der Waals surface area contributed by atoms with E-state index in [1.54, 1.807) is 0 Å². The van der Waals surface area contributed by atoms with Gasteiger partial charge in [0.05, 0.1) is 11.4 Å². The lowest BCUT2D eigenvalue weighted by molar-refractivity contribution is 0.615. The Kier molecular flexibility index (Phi) is 1.48. The van der Waals surface area contributed by atoms with E-state index in [1.807, 2.05) is 0 Å². The molecule has 1 rings (SSSR count). The van der Waals surface area contributed by atoms with Crippen LogP contribution in [0.15, 0.2) is 12.0 Å². The van der Waals surface area contributed by atoms with E-state index in [-0.39, 0.29) is 0 Å². The quantitative estimate of drug-likeness (QED) is 0.643. The van der Waals surface area contributed by atoms with Gasteiger partial charge in [0.25, 0.3) is 5.26 Å². The summed E-state index contributed by atoms with van der Waals surface area (Å²) >= 11 is 0.914. The zero-order chi connectivity index (χ0) is 6.85. The number of rotatable bonds is 1. The predicted molar refractivity (Wildman–Crippen MR) is 35.3 cm³/mol. The molecule has 2 N–H and O–H groups in total. The van der Waals surface area contributed by atoms with E-state index < -0.39 is 5.26 Å². The molecule has 2 nitrogen and oxygen atoms in total. The van der Waals surface area contributed by atoms with Gasteiger partial charge >= 0.3 is 0 Å². The summed E-state index contributed by atoms with van der Waals surface area (Å²) in [6.07, 6.45) is 0. The first-order chi connectivity index (χ1) is 4.20. The molecule has 0 aliphatic carbocycles. The van der Waals surface area contributed by atoms with Crippen molar-refractivity contribution in [1.29, 1.82) is 0 Å². The molecule has 0 bridgehead atoms. The van der Waals surface area contributed by atoms with Crippen LogP contribution in [0.25, 0.3) is 5.70 Å². The van der Waals surface area contributed by atoms with Crippen LogP contribution < -0.4 is 5.73 Å². The number of hydrogen-bond donors (Lipinski definition) is 1. The van der Waals surface area contributed by atoms with Gasteiger partial charge in [-0.25, -0.2) is 4.98 Å². The van der Waals surface area contributed by atoms with Gasteiger partial charge in [-0.05, 0) is 0 Å². The van der Waals surface area contributed by atoms with Crippen LogP contribution in [0, 0.1) is 5.26 Å². The van der Waals surface area contributed by atoms with Crippen LogP contribution in [-0.2, 0) is 0 Å².